The number of hydrogen-bond donors (Lipinski definition) is 2. The second-order valence-corrected chi connectivity index (χ2v) is 6.25. The normalized spacial score (nSPS) is 11.6. The summed E-state index contributed by atoms with van der Waals surface area (Å²) in [6.45, 7) is 0. The molecule has 2 aromatic carbocycles. The lowest BCUT2D eigenvalue weighted by molar-refractivity contribution is 0.204. The molecule has 0 atom stereocenters. The maximum absolute atomic E-state index is 13.1. The van der Waals surface area contributed by atoms with Crippen molar-refractivity contribution in [3.63, 3.8) is 0 Å². The van der Waals surface area contributed by atoms with E-state index in [1.54, 1.807) is 12.1 Å². The van der Waals surface area contributed by atoms with Gasteiger partial charge in [0.15, 0.2) is 0 Å². The number of rotatable bonds is 3. The third kappa shape index (κ3) is 3.05. The molecule has 0 radical (unpaired) electrons. The summed E-state index contributed by atoms with van der Waals surface area (Å²) < 4.78 is 30.8. The van der Waals surface area contributed by atoms with Gasteiger partial charge in [0.1, 0.15) is 11.6 Å². The standard InChI is InChI=1S/C13H12F2O3Si/c1-18-19(16,17)13-4-2-9(3-5-13)10-6-11(14)8-12(15)7-10/h2-8,16-17H,1H3. The molecule has 0 aliphatic carbocycles. The molecule has 0 heterocycles. The molecule has 0 spiro atoms. The molecule has 0 saturated heterocycles. The van der Waals surface area contributed by atoms with Crippen LogP contribution in [0.2, 0.25) is 0 Å². The fourth-order valence-corrected chi connectivity index (χ4v) is 2.55. The summed E-state index contributed by atoms with van der Waals surface area (Å²) in [5, 5.41) is 0.260. The predicted molar refractivity (Wildman–Crippen MR) is 68.6 cm³/mol. The molecule has 0 aliphatic rings. The van der Waals surface area contributed by atoms with Gasteiger partial charge in [0.05, 0.1) is 0 Å². The lowest BCUT2D eigenvalue weighted by Gasteiger charge is -2.15. The monoisotopic (exact) mass is 282 g/mol. The first-order chi connectivity index (χ1) is 8.92. The van der Waals surface area contributed by atoms with Gasteiger partial charge in [-0.05, 0) is 23.3 Å². The smallest absolute Gasteiger partial charge is 0.386 e. The van der Waals surface area contributed by atoms with Crippen LogP contribution in [-0.2, 0) is 4.43 Å². The van der Waals surface area contributed by atoms with Crippen LogP contribution in [0.3, 0.4) is 0 Å². The van der Waals surface area contributed by atoms with Crippen molar-refractivity contribution in [2.75, 3.05) is 7.11 Å². The zero-order valence-corrected chi connectivity index (χ0v) is 11.1. The second-order valence-electron chi connectivity index (χ2n) is 4.05. The quantitative estimate of drug-likeness (QED) is 0.837. The Morgan fingerprint density at radius 1 is 0.895 bits per heavy atom. The van der Waals surface area contributed by atoms with Crippen molar-refractivity contribution in [3.8, 4) is 11.1 Å². The number of hydrogen-bond acceptors (Lipinski definition) is 3. The summed E-state index contributed by atoms with van der Waals surface area (Å²) in [6.07, 6.45) is 0. The lowest BCUT2D eigenvalue weighted by Crippen LogP contribution is -2.50. The van der Waals surface area contributed by atoms with Crippen LogP contribution in [0.5, 0.6) is 0 Å². The molecular weight excluding hydrogens is 270 g/mol. The van der Waals surface area contributed by atoms with Gasteiger partial charge in [0.2, 0.25) is 0 Å². The van der Waals surface area contributed by atoms with Crippen molar-refractivity contribution in [1.29, 1.82) is 0 Å². The van der Waals surface area contributed by atoms with Gasteiger partial charge in [-0.3, -0.25) is 0 Å². The summed E-state index contributed by atoms with van der Waals surface area (Å²) in [5.74, 6) is -1.33. The second kappa shape index (κ2) is 5.18. The molecule has 0 aliphatic heterocycles. The van der Waals surface area contributed by atoms with E-state index in [1.807, 2.05) is 0 Å². The molecule has 2 N–H and O–H groups in total. The molecule has 0 amide bonds. The first-order valence-corrected chi connectivity index (χ1v) is 7.29. The van der Waals surface area contributed by atoms with Crippen LogP contribution >= 0.6 is 0 Å². The highest BCUT2D eigenvalue weighted by Crippen LogP contribution is 2.21. The highest BCUT2D eigenvalue weighted by molar-refractivity contribution is 6.72. The van der Waals surface area contributed by atoms with Crippen LogP contribution in [0, 0.1) is 11.6 Å². The van der Waals surface area contributed by atoms with E-state index in [0.717, 1.165) is 6.07 Å². The Morgan fingerprint density at radius 3 is 1.89 bits per heavy atom. The van der Waals surface area contributed by atoms with E-state index in [4.69, 9.17) is 0 Å². The maximum Gasteiger partial charge on any atom is 0.531 e. The van der Waals surface area contributed by atoms with E-state index in [-0.39, 0.29) is 5.19 Å². The lowest BCUT2D eigenvalue weighted by atomic mass is 10.1. The summed E-state index contributed by atoms with van der Waals surface area (Å²) in [7, 11) is -2.64. The van der Waals surface area contributed by atoms with Crippen molar-refractivity contribution >= 4 is 14.0 Å². The first kappa shape index (κ1) is 13.8. The third-order valence-electron chi connectivity index (χ3n) is 2.74. The SMILES string of the molecule is CO[Si](O)(O)c1ccc(-c2cc(F)cc(F)c2)cc1. The third-order valence-corrected chi connectivity index (χ3v) is 4.40. The highest BCUT2D eigenvalue weighted by Gasteiger charge is 2.33. The van der Waals surface area contributed by atoms with Gasteiger partial charge < -0.3 is 14.0 Å². The molecule has 2 rings (SSSR count). The molecule has 3 nitrogen and oxygen atoms in total. The predicted octanol–water partition coefficient (Wildman–Crippen LogP) is 1.41. The first-order valence-electron chi connectivity index (χ1n) is 5.49. The van der Waals surface area contributed by atoms with Gasteiger partial charge in [0, 0.05) is 18.4 Å². The largest absolute Gasteiger partial charge is 0.531 e. The Kier molecular flexibility index (Phi) is 3.77. The van der Waals surface area contributed by atoms with Crippen LogP contribution in [0.25, 0.3) is 11.1 Å². The van der Waals surface area contributed by atoms with Gasteiger partial charge in [-0.15, -0.1) is 0 Å². The molecule has 0 unspecified atom stereocenters. The fraction of sp³-hybridized carbons (Fsp3) is 0.0769. The molecule has 0 aromatic heterocycles. The Bertz CT molecular complexity index is 565. The average molecular weight is 282 g/mol. The van der Waals surface area contributed by atoms with Gasteiger partial charge in [-0.1, -0.05) is 24.3 Å². The van der Waals surface area contributed by atoms with E-state index < -0.39 is 20.4 Å². The Morgan fingerprint density at radius 2 is 1.42 bits per heavy atom. The van der Waals surface area contributed by atoms with Crippen molar-refractivity contribution in [1.82, 2.24) is 0 Å². The van der Waals surface area contributed by atoms with Crippen LogP contribution in [0.4, 0.5) is 8.78 Å². The zero-order valence-electron chi connectivity index (χ0n) is 10.1. The molecule has 0 fully saturated rings. The van der Waals surface area contributed by atoms with E-state index in [9.17, 15) is 18.4 Å². The Hall–Kier alpha value is -1.60. The zero-order chi connectivity index (χ0) is 14.0. The van der Waals surface area contributed by atoms with Gasteiger partial charge in [0.25, 0.3) is 0 Å². The van der Waals surface area contributed by atoms with E-state index in [2.05, 4.69) is 4.43 Å². The minimum Gasteiger partial charge on any atom is -0.386 e. The summed E-state index contributed by atoms with van der Waals surface area (Å²) in [6, 6.07) is 9.24. The van der Waals surface area contributed by atoms with Crippen LogP contribution in [-0.4, -0.2) is 25.5 Å². The highest BCUT2D eigenvalue weighted by atomic mass is 28.4. The van der Waals surface area contributed by atoms with Crippen molar-refractivity contribution in [2.24, 2.45) is 0 Å². The average Bonchev–Trinajstić information content (AvgIpc) is 2.38. The summed E-state index contributed by atoms with van der Waals surface area (Å²) >= 11 is 0. The van der Waals surface area contributed by atoms with Crippen LogP contribution in [0.1, 0.15) is 0 Å². The molecule has 2 aromatic rings. The number of halogens is 2. The molecule has 100 valence electrons. The maximum atomic E-state index is 13.1. The molecule has 0 bridgehead atoms. The van der Waals surface area contributed by atoms with Gasteiger partial charge >= 0.3 is 8.80 Å². The van der Waals surface area contributed by atoms with Gasteiger partial charge in [-0.2, -0.15) is 0 Å². The minimum absolute atomic E-state index is 0.260. The summed E-state index contributed by atoms with van der Waals surface area (Å²) in [5.41, 5.74) is 0.952. The summed E-state index contributed by atoms with van der Waals surface area (Å²) in [4.78, 5) is 19.2. The molecule has 0 saturated carbocycles. The minimum atomic E-state index is -3.85. The van der Waals surface area contributed by atoms with E-state index in [1.165, 1.54) is 31.4 Å². The topological polar surface area (TPSA) is 49.7 Å². The van der Waals surface area contributed by atoms with E-state index >= 15 is 0 Å². The van der Waals surface area contributed by atoms with Crippen LogP contribution < -0.4 is 5.19 Å². The number of benzene rings is 2. The molecule has 6 heteroatoms. The Balaban J connectivity index is 2.37. The van der Waals surface area contributed by atoms with E-state index in [0.29, 0.717) is 11.1 Å². The van der Waals surface area contributed by atoms with Gasteiger partial charge in [-0.25, -0.2) is 8.78 Å². The molecule has 19 heavy (non-hydrogen) atoms. The van der Waals surface area contributed by atoms with Crippen molar-refractivity contribution < 1.29 is 22.8 Å². The molecular formula is C13H12F2O3Si. The van der Waals surface area contributed by atoms with Crippen molar-refractivity contribution in [2.45, 2.75) is 0 Å². The van der Waals surface area contributed by atoms with Crippen LogP contribution in [0.15, 0.2) is 42.5 Å². The van der Waals surface area contributed by atoms with Crippen molar-refractivity contribution in [3.05, 3.63) is 54.1 Å². The fourth-order valence-electron chi connectivity index (χ4n) is 1.72. The Labute approximate surface area is 110 Å².